The summed E-state index contributed by atoms with van der Waals surface area (Å²) in [5, 5.41) is 9.27. The van der Waals surface area contributed by atoms with Gasteiger partial charge in [-0.15, -0.1) is 0 Å². The Bertz CT molecular complexity index is 486. The molecule has 1 aliphatic carbocycles. The van der Waals surface area contributed by atoms with Crippen molar-refractivity contribution in [3.63, 3.8) is 0 Å². The molecule has 0 aromatic heterocycles. The first kappa shape index (κ1) is 27.7. The zero-order valence-corrected chi connectivity index (χ0v) is 20.1. The highest BCUT2D eigenvalue weighted by Crippen LogP contribution is 2.31. The van der Waals surface area contributed by atoms with Gasteiger partial charge in [0.1, 0.15) is 0 Å². The van der Waals surface area contributed by atoms with E-state index in [0.29, 0.717) is 19.4 Å². The van der Waals surface area contributed by atoms with Gasteiger partial charge in [0.15, 0.2) is 0 Å². The molecule has 0 heterocycles. The summed E-state index contributed by atoms with van der Waals surface area (Å²) in [6, 6.07) is 0. The van der Waals surface area contributed by atoms with Crippen LogP contribution in [0.3, 0.4) is 0 Å². The molecule has 180 valence electrons. The Morgan fingerprint density at radius 2 is 1.23 bits per heavy atom. The lowest BCUT2D eigenvalue weighted by molar-refractivity contribution is -0.159. The fourth-order valence-corrected chi connectivity index (χ4v) is 4.51. The highest BCUT2D eigenvalue weighted by atomic mass is 16.5. The maximum absolute atomic E-state index is 12.2. The second-order valence-corrected chi connectivity index (χ2v) is 9.29. The molecule has 0 spiro atoms. The Morgan fingerprint density at radius 1 is 0.742 bits per heavy atom. The minimum Gasteiger partial charge on any atom is -0.481 e. The fourth-order valence-electron chi connectivity index (χ4n) is 4.51. The van der Waals surface area contributed by atoms with Crippen LogP contribution in [0.25, 0.3) is 0 Å². The van der Waals surface area contributed by atoms with E-state index in [1.165, 1.54) is 83.5 Å². The Kier molecular flexibility index (Phi) is 17.3. The minimum atomic E-state index is -0.851. The number of hydrogen-bond donors (Lipinski definition) is 1. The fraction of sp³-hybridized carbons (Fsp3) is 0.852. The summed E-state index contributed by atoms with van der Waals surface area (Å²) in [5.74, 6) is -2.13. The third-order valence-corrected chi connectivity index (χ3v) is 6.54. The third-order valence-electron chi connectivity index (χ3n) is 6.54. The van der Waals surface area contributed by atoms with Crippen LogP contribution in [0.2, 0.25) is 0 Å². The maximum Gasteiger partial charge on any atom is 0.309 e. The highest BCUT2D eigenvalue weighted by Gasteiger charge is 2.36. The SMILES string of the molecule is CCCCCCC/C=C/CCCCCCCCCCOC(=O)C1CCCCC1C(=O)O. The van der Waals surface area contributed by atoms with Crippen LogP contribution in [-0.2, 0) is 14.3 Å². The van der Waals surface area contributed by atoms with Crippen LogP contribution in [0.4, 0.5) is 0 Å². The van der Waals surface area contributed by atoms with Gasteiger partial charge in [-0.1, -0.05) is 96.1 Å². The molecule has 1 rings (SSSR count). The van der Waals surface area contributed by atoms with Crippen molar-refractivity contribution < 1.29 is 19.4 Å². The molecule has 2 unspecified atom stereocenters. The Hall–Kier alpha value is -1.32. The van der Waals surface area contributed by atoms with E-state index in [0.717, 1.165) is 25.7 Å². The standard InChI is InChI=1S/C27H48O4/c1-2-3-4-5-6-7-8-9-10-11-12-13-14-15-16-17-20-23-31-27(30)25-22-19-18-21-24(25)26(28)29/h8-9,24-25H,2-7,10-23H2,1H3,(H,28,29)/b9-8+. The molecular formula is C27H48O4. The van der Waals surface area contributed by atoms with Crippen LogP contribution in [0.5, 0.6) is 0 Å². The zero-order valence-electron chi connectivity index (χ0n) is 20.1. The number of carboxylic acid groups (broad SMARTS) is 1. The van der Waals surface area contributed by atoms with Crippen LogP contribution < -0.4 is 0 Å². The zero-order chi connectivity index (χ0) is 22.6. The van der Waals surface area contributed by atoms with Gasteiger partial charge in [0.2, 0.25) is 0 Å². The van der Waals surface area contributed by atoms with E-state index in [9.17, 15) is 14.7 Å². The van der Waals surface area contributed by atoms with Crippen molar-refractivity contribution in [2.24, 2.45) is 11.8 Å². The lowest BCUT2D eigenvalue weighted by Gasteiger charge is -2.26. The van der Waals surface area contributed by atoms with E-state index < -0.39 is 17.8 Å². The molecule has 2 atom stereocenters. The molecular weight excluding hydrogens is 388 g/mol. The van der Waals surface area contributed by atoms with Crippen molar-refractivity contribution in [1.82, 2.24) is 0 Å². The molecule has 1 aliphatic rings. The predicted molar refractivity (Wildman–Crippen MR) is 128 cm³/mol. The number of carboxylic acids is 1. The second-order valence-electron chi connectivity index (χ2n) is 9.29. The number of carbonyl (C=O) groups is 2. The smallest absolute Gasteiger partial charge is 0.309 e. The Morgan fingerprint density at radius 3 is 1.77 bits per heavy atom. The van der Waals surface area contributed by atoms with Crippen molar-refractivity contribution in [3.8, 4) is 0 Å². The van der Waals surface area contributed by atoms with Gasteiger partial charge in [0, 0.05) is 0 Å². The number of rotatable bonds is 19. The molecule has 4 heteroatoms. The first-order chi connectivity index (χ1) is 15.2. The molecule has 0 aliphatic heterocycles. The van der Waals surface area contributed by atoms with Crippen molar-refractivity contribution in [2.45, 2.75) is 129 Å². The van der Waals surface area contributed by atoms with Gasteiger partial charge in [-0.05, 0) is 44.9 Å². The molecule has 4 nitrogen and oxygen atoms in total. The number of esters is 1. The summed E-state index contributed by atoms with van der Waals surface area (Å²) in [7, 11) is 0. The van der Waals surface area contributed by atoms with Crippen LogP contribution in [-0.4, -0.2) is 23.7 Å². The minimum absolute atomic E-state index is 0.294. The summed E-state index contributed by atoms with van der Waals surface area (Å²) >= 11 is 0. The summed E-state index contributed by atoms with van der Waals surface area (Å²) in [6.45, 7) is 2.70. The number of carbonyl (C=O) groups excluding carboxylic acids is 1. The van der Waals surface area contributed by atoms with Crippen molar-refractivity contribution in [1.29, 1.82) is 0 Å². The molecule has 0 aromatic rings. The van der Waals surface area contributed by atoms with E-state index in [1.807, 2.05) is 0 Å². The van der Waals surface area contributed by atoms with E-state index in [4.69, 9.17) is 4.74 Å². The van der Waals surface area contributed by atoms with Crippen molar-refractivity contribution >= 4 is 11.9 Å². The predicted octanol–water partition coefficient (Wildman–Crippen LogP) is 7.85. The maximum atomic E-state index is 12.2. The van der Waals surface area contributed by atoms with Crippen LogP contribution in [0.15, 0.2) is 12.2 Å². The molecule has 0 aromatic carbocycles. The number of hydrogen-bond acceptors (Lipinski definition) is 3. The summed E-state index contributed by atoms with van der Waals surface area (Å²) in [5.41, 5.74) is 0. The lowest BCUT2D eigenvalue weighted by Crippen LogP contribution is -2.33. The number of ether oxygens (including phenoxy) is 1. The number of allylic oxidation sites excluding steroid dienone is 2. The number of unbranched alkanes of at least 4 members (excludes halogenated alkanes) is 13. The average molecular weight is 437 g/mol. The van der Waals surface area contributed by atoms with Gasteiger partial charge in [0.05, 0.1) is 18.4 Å². The van der Waals surface area contributed by atoms with Crippen LogP contribution in [0.1, 0.15) is 129 Å². The van der Waals surface area contributed by atoms with E-state index >= 15 is 0 Å². The van der Waals surface area contributed by atoms with Gasteiger partial charge >= 0.3 is 11.9 Å². The third kappa shape index (κ3) is 14.4. The first-order valence-corrected chi connectivity index (χ1v) is 13.2. The lowest BCUT2D eigenvalue weighted by atomic mass is 9.79. The van der Waals surface area contributed by atoms with Crippen molar-refractivity contribution in [2.75, 3.05) is 6.61 Å². The average Bonchev–Trinajstić information content (AvgIpc) is 2.78. The second kappa shape index (κ2) is 19.4. The van der Waals surface area contributed by atoms with Gasteiger partial charge in [-0.2, -0.15) is 0 Å². The topological polar surface area (TPSA) is 63.6 Å². The van der Waals surface area contributed by atoms with Crippen LogP contribution >= 0.6 is 0 Å². The van der Waals surface area contributed by atoms with E-state index in [1.54, 1.807) is 0 Å². The summed E-state index contributed by atoms with van der Waals surface area (Å²) in [6.07, 6.45) is 26.8. The molecule has 0 radical (unpaired) electrons. The summed E-state index contributed by atoms with van der Waals surface area (Å²) < 4.78 is 5.38. The van der Waals surface area contributed by atoms with Gasteiger partial charge in [-0.3, -0.25) is 9.59 Å². The molecule has 31 heavy (non-hydrogen) atoms. The monoisotopic (exact) mass is 436 g/mol. The van der Waals surface area contributed by atoms with E-state index in [-0.39, 0.29) is 5.97 Å². The Labute approximate surface area is 191 Å². The van der Waals surface area contributed by atoms with Gasteiger partial charge in [0.25, 0.3) is 0 Å². The van der Waals surface area contributed by atoms with Gasteiger partial charge < -0.3 is 9.84 Å². The normalized spacial score (nSPS) is 19.0. The van der Waals surface area contributed by atoms with Crippen molar-refractivity contribution in [3.05, 3.63) is 12.2 Å². The first-order valence-electron chi connectivity index (χ1n) is 13.2. The van der Waals surface area contributed by atoms with E-state index in [2.05, 4.69) is 19.1 Å². The molecule has 1 N–H and O–H groups in total. The number of aliphatic carboxylic acids is 1. The quantitative estimate of drug-likeness (QED) is 0.127. The highest BCUT2D eigenvalue weighted by molar-refractivity contribution is 5.81. The largest absolute Gasteiger partial charge is 0.481 e. The molecule has 1 fully saturated rings. The molecule has 0 bridgehead atoms. The molecule has 1 saturated carbocycles. The summed E-state index contributed by atoms with van der Waals surface area (Å²) in [4.78, 5) is 23.5. The molecule has 0 amide bonds. The van der Waals surface area contributed by atoms with Gasteiger partial charge in [-0.25, -0.2) is 0 Å². The Balaban J connectivity index is 1.86. The molecule has 0 saturated heterocycles. The van der Waals surface area contributed by atoms with Crippen LogP contribution in [0, 0.1) is 11.8 Å².